The van der Waals surface area contributed by atoms with E-state index in [9.17, 15) is 14.7 Å². The van der Waals surface area contributed by atoms with E-state index in [-0.39, 0.29) is 24.0 Å². The molecule has 3 heterocycles. The zero-order valence-electron chi connectivity index (χ0n) is 19.7. The van der Waals surface area contributed by atoms with Crippen molar-refractivity contribution >= 4 is 17.4 Å². The number of aliphatic hydroxyl groups excluding tert-OH is 1. The van der Waals surface area contributed by atoms with Crippen LogP contribution in [0.2, 0.25) is 0 Å². The number of ether oxygens (including phenoxy) is 2. The summed E-state index contributed by atoms with van der Waals surface area (Å²) in [5.74, 6) is 0.313. The first kappa shape index (κ1) is 22.8. The minimum absolute atomic E-state index is 0.0427. The van der Waals surface area contributed by atoms with Gasteiger partial charge in [0.05, 0.1) is 31.0 Å². The molecule has 7 nitrogen and oxygen atoms in total. The predicted molar refractivity (Wildman–Crippen MR) is 129 cm³/mol. The molecule has 0 aliphatic carbocycles. The first-order valence-corrected chi connectivity index (χ1v) is 11.8. The Balaban J connectivity index is 1.61. The Morgan fingerprint density at radius 2 is 2.00 bits per heavy atom. The predicted octanol–water partition coefficient (Wildman–Crippen LogP) is 5.01. The van der Waals surface area contributed by atoms with Crippen molar-refractivity contribution in [3.8, 4) is 11.5 Å². The van der Waals surface area contributed by atoms with E-state index in [1.807, 2.05) is 44.2 Å². The summed E-state index contributed by atoms with van der Waals surface area (Å²) in [5, 5.41) is 11.4. The molecule has 1 aromatic heterocycles. The van der Waals surface area contributed by atoms with Crippen molar-refractivity contribution in [1.29, 1.82) is 0 Å². The van der Waals surface area contributed by atoms with Gasteiger partial charge in [-0.2, -0.15) is 0 Å². The van der Waals surface area contributed by atoms with Gasteiger partial charge in [-0.05, 0) is 66.9 Å². The Hall–Kier alpha value is -4.00. The van der Waals surface area contributed by atoms with Crippen molar-refractivity contribution in [2.24, 2.45) is 0 Å². The summed E-state index contributed by atoms with van der Waals surface area (Å²) in [5.41, 5.74) is 2.14. The van der Waals surface area contributed by atoms with Gasteiger partial charge in [-0.3, -0.25) is 9.59 Å². The minimum Gasteiger partial charge on any atom is -0.507 e. The topological polar surface area (TPSA) is 89.2 Å². The molecular weight excluding hydrogens is 446 g/mol. The van der Waals surface area contributed by atoms with E-state index in [4.69, 9.17) is 13.9 Å². The molecule has 35 heavy (non-hydrogen) atoms. The lowest BCUT2D eigenvalue weighted by Gasteiger charge is -2.25. The van der Waals surface area contributed by atoms with Crippen LogP contribution in [-0.2, 0) is 22.6 Å². The first-order valence-electron chi connectivity index (χ1n) is 11.8. The second kappa shape index (κ2) is 9.33. The van der Waals surface area contributed by atoms with E-state index in [0.717, 1.165) is 17.7 Å². The highest BCUT2D eigenvalue weighted by molar-refractivity contribution is 6.46. The molecule has 2 aliphatic rings. The smallest absolute Gasteiger partial charge is 0.296 e. The summed E-state index contributed by atoms with van der Waals surface area (Å²) in [6.07, 6.45) is 3.13. The standard InChI is InChI=1S/C28H27NO6/c1-3-11-33-21-7-4-6-18(15-21)25-24(27(31)28(32)29(25)16-22-8-5-12-34-22)26(30)19-9-10-23-20(14-19)13-17(2)35-23/h4-10,12,14-15,17,25,30H,3,11,13,16H2,1-2H3/b26-24+/t17-,25-/m1/s1. The largest absolute Gasteiger partial charge is 0.507 e. The maximum Gasteiger partial charge on any atom is 0.296 e. The number of benzene rings is 2. The third-order valence-corrected chi connectivity index (χ3v) is 6.26. The molecule has 1 amide bonds. The number of ketones is 1. The van der Waals surface area contributed by atoms with Gasteiger partial charge in [-0.25, -0.2) is 0 Å². The van der Waals surface area contributed by atoms with Gasteiger partial charge < -0.3 is 23.9 Å². The number of carbonyl (C=O) groups excluding carboxylic acids is 2. The monoisotopic (exact) mass is 473 g/mol. The van der Waals surface area contributed by atoms with E-state index >= 15 is 0 Å². The van der Waals surface area contributed by atoms with Gasteiger partial charge in [0.2, 0.25) is 0 Å². The van der Waals surface area contributed by atoms with Crippen LogP contribution in [0, 0.1) is 0 Å². The average molecular weight is 474 g/mol. The number of hydrogen-bond acceptors (Lipinski definition) is 6. The summed E-state index contributed by atoms with van der Waals surface area (Å²) in [4.78, 5) is 27.9. The second-order valence-electron chi connectivity index (χ2n) is 8.88. The van der Waals surface area contributed by atoms with Crippen molar-refractivity contribution in [1.82, 2.24) is 4.90 Å². The number of likely N-dealkylation sites (tertiary alicyclic amines) is 1. The van der Waals surface area contributed by atoms with Crippen LogP contribution < -0.4 is 9.47 Å². The molecule has 2 atom stereocenters. The van der Waals surface area contributed by atoms with E-state index in [1.54, 1.807) is 24.3 Å². The maximum absolute atomic E-state index is 13.3. The average Bonchev–Trinajstić information content (AvgIpc) is 3.56. The summed E-state index contributed by atoms with van der Waals surface area (Å²) >= 11 is 0. The van der Waals surface area contributed by atoms with Crippen LogP contribution in [0.3, 0.4) is 0 Å². The van der Waals surface area contributed by atoms with Crippen molar-refractivity contribution in [3.05, 3.63) is 88.9 Å². The van der Waals surface area contributed by atoms with Gasteiger partial charge in [-0.15, -0.1) is 0 Å². The molecule has 0 spiro atoms. The molecule has 0 saturated carbocycles. The molecule has 0 unspecified atom stereocenters. The third kappa shape index (κ3) is 4.30. The van der Waals surface area contributed by atoms with E-state index in [0.29, 0.717) is 35.7 Å². The highest BCUT2D eigenvalue weighted by atomic mass is 16.5. The van der Waals surface area contributed by atoms with Gasteiger partial charge in [0.25, 0.3) is 11.7 Å². The number of nitrogens with zero attached hydrogens (tertiary/aromatic N) is 1. The Bertz CT molecular complexity index is 1290. The molecule has 3 aromatic rings. The number of rotatable bonds is 7. The number of carbonyl (C=O) groups is 2. The molecule has 1 N–H and O–H groups in total. The van der Waals surface area contributed by atoms with Crippen LogP contribution in [0.15, 0.2) is 70.9 Å². The first-order chi connectivity index (χ1) is 17.0. The molecule has 180 valence electrons. The van der Waals surface area contributed by atoms with Gasteiger partial charge in [-0.1, -0.05) is 19.1 Å². The summed E-state index contributed by atoms with van der Waals surface area (Å²) in [6.45, 7) is 4.64. The van der Waals surface area contributed by atoms with Crippen LogP contribution in [0.25, 0.3) is 5.76 Å². The molecule has 2 aromatic carbocycles. The number of fused-ring (bicyclic) bond motifs is 1. The van der Waals surface area contributed by atoms with Crippen molar-refractivity contribution in [2.75, 3.05) is 6.61 Å². The van der Waals surface area contributed by atoms with Gasteiger partial charge in [0, 0.05) is 12.0 Å². The maximum atomic E-state index is 13.3. The Morgan fingerprint density at radius 1 is 1.14 bits per heavy atom. The van der Waals surface area contributed by atoms with E-state index < -0.39 is 17.7 Å². The quantitative estimate of drug-likeness (QED) is 0.295. The van der Waals surface area contributed by atoms with Gasteiger partial charge in [0.15, 0.2) is 0 Å². The summed E-state index contributed by atoms with van der Waals surface area (Å²) in [7, 11) is 0. The van der Waals surface area contributed by atoms with Crippen molar-refractivity contribution in [3.63, 3.8) is 0 Å². The second-order valence-corrected chi connectivity index (χ2v) is 8.88. The fourth-order valence-corrected chi connectivity index (χ4v) is 4.68. The number of Topliss-reactive ketones (excluding diaryl/α,β-unsaturated/α-hetero) is 1. The zero-order chi connectivity index (χ0) is 24.5. The van der Waals surface area contributed by atoms with Crippen LogP contribution in [0.1, 0.15) is 48.8 Å². The van der Waals surface area contributed by atoms with E-state index in [1.165, 1.54) is 11.2 Å². The van der Waals surface area contributed by atoms with Gasteiger partial charge >= 0.3 is 0 Å². The Kier molecular flexibility index (Phi) is 6.07. The summed E-state index contributed by atoms with van der Waals surface area (Å²) in [6, 6.07) is 15.3. The van der Waals surface area contributed by atoms with Crippen molar-refractivity contribution < 1.29 is 28.6 Å². The normalized spacial score (nSPS) is 20.7. The number of furan rings is 1. The van der Waals surface area contributed by atoms with Crippen molar-refractivity contribution in [2.45, 2.75) is 45.4 Å². The van der Waals surface area contributed by atoms with Gasteiger partial charge in [0.1, 0.15) is 29.1 Å². The fraction of sp³-hybridized carbons (Fsp3) is 0.286. The lowest BCUT2D eigenvalue weighted by Crippen LogP contribution is -2.29. The number of aliphatic hydroxyl groups is 1. The zero-order valence-corrected chi connectivity index (χ0v) is 19.7. The van der Waals surface area contributed by atoms with Crippen LogP contribution in [0.5, 0.6) is 11.5 Å². The van der Waals surface area contributed by atoms with Crippen LogP contribution in [-0.4, -0.2) is 34.4 Å². The molecule has 7 heteroatoms. The number of hydrogen-bond donors (Lipinski definition) is 1. The molecule has 1 saturated heterocycles. The Labute approximate surface area is 203 Å². The molecule has 5 rings (SSSR count). The molecule has 1 fully saturated rings. The minimum atomic E-state index is -0.797. The summed E-state index contributed by atoms with van der Waals surface area (Å²) < 4.78 is 17.0. The molecule has 0 bridgehead atoms. The SMILES string of the molecule is CCCOc1cccc([C@@H]2/C(=C(\O)c3ccc4c(c3)C[C@@H](C)O4)C(=O)C(=O)N2Cc2ccco2)c1. The van der Waals surface area contributed by atoms with Crippen LogP contribution >= 0.6 is 0 Å². The molecular formula is C28H27NO6. The highest BCUT2D eigenvalue weighted by Crippen LogP contribution is 2.42. The molecule has 2 aliphatic heterocycles. The van der Waals surface area contributed by atoms with E-state index in [2.05, 4.69) is 0 Å². The third-order valence-electron chi connectivity index (χ3n) is 6.26. The lowest BCUT2D eigenvalue weighted by molar-refractivity contribution is -0.140. The highest BCUT2D eigenvalue weighted by Gasteiger charge is 2.46. The number of amides is 1. The van der Waals surface area contributed by atoms with Crippen LogP contribution in [0.4, 0.5) is 0 Å². The Morgan fingerprint density at radius 3 is 2.77 bits per heavy atom. The fourth-order valence-electron chi connectivity index (χ4n) is 4.68. The lowest BCUT2D eigenvalue weighted by atomic mass is 9.94. The molecule has 0 radical (unpaired) electrons.